The van der Waals surface area contributed by atoms with Gasteiger partial charge in [0.25, 0.3) is 0 Å². The summed E-state index contributed by atoms with van der Waals surface area (Å²) >= 11 is 3.40. The quantitative estimate of drug-likeness (QED) is 0.375. The van der Waals surface area contributed by atoms with E-state index in [0.717, 1.165) is 5.92 Å². The second-order valence-corrected chi connectivity index (χ2v) is 3.37. The minimum atomic E-state index is 0. The third-order valence-corrected chi connectivity index (χ3v) is 1.73. The summed E-state index contributed by atoms with van der Waals surface area (Å²) < 4.78 is 0. The molecule has 0 aromatic carbocycles. The fourth-order valence-electron chi connectivity index (χ4n) is 0.647. The zero-order valence-electron chi connectivity index (χ0n) is 5.78. The van der Waals surface area contributed by atoms with Crippen LogP contribution in [0.2, 0.25) is 0 Å². The van der Waals surface area contributed by atoms with E-state index in [9.17, 15) is 0 Å². The number of rotatable bonds is 4. The van der Waals surface area contributed by atoms with Gasteiger partial charge in [-0.2, -0.15) is 0 Å². The molecule has 54 valence electrons. The predicted octanol–water partition coefficient (Wildman–Crippen LogP) is 2.29. The highest BCUT2D eigenvalue weighted by molar-refractivity contribution is 9.09. The van der Waals surface area contributed by atoms with E-state index in [1.165, 1.54) is 24.6 Å². The summed E-state index contributed by atoms with van der Waals surface area (Å²) in [6.45, 7) is 4.54. The van der Waals surface area contributed by atoms with Crippen molar-refractivity contribution in [2.45, 2.75) is 33.1 Å². The SMILES string of the molecule is CC(C)CCCCBr.[MgH2]. The zero-order chi connectivity index (χ0) is 6.41. The summed E-state index contributed by atoms with van der Waals surface area (Å²) in [7, 11) is 0. The Hall–Kier alpha value is 1.25. The molecule has 0 nitrogen and oxygen atoms in total. The van der Waals surface area contributed by atoms with Gasteiger partial charge >= 0.3 is 23.1 Å². The molecular weight excluding hydrogens is 188 g/mol. The minimum absolute atomic E-state index is 0. The van der Waals surface area contributed by atoms with Crippen LogP contribution in [-0.2, 0) is 0 Å². The monoisotopic (exact) mass is 204 g/mol. The zero-order valence-corrected chi connectivity index (χ0v) is 7.37. The predicted molar refractivity (Wildman–Crippen MR) is 51.0 cm³/mol. The van der Waals surface area contributed by atoms with Crippen molar-refractivity contribution in [2.24, 2.45) is 5.92 Å². The summed E-state index contributed by atoms with van der Waals surface area (Å²) in [4.78, 5) is 0. The third-order valence-electron chi connectivity index (χ3n) is 1.17. The lowest BCUT2D eigenvalue weighted by Gasteiger charge is -2.00. The van der Waals surface area contributed by atoms with Crippen LogP contribution in [0.5, 0.6) is 0 Å². The Balaban J connectivity index is 0. The topological polar surface area (TPSA) is 0 Å². The molecule has 0 unspecified atom stereocenters. The molecule has 0 rings (SSSR count). The molecule has 0 fully saturated rings. The van der Waals surface area contributed by atoms with E-state index in [4.69, 9.17) is 0 Å². The van der Waals surface area contributed by atoms with Crippen molar-refractivity contribution in [1.82, 2.24) is 0 Å². The van der Waals surface area contributed by atoms with Crippen LogP contribution in [-0.4, -0.2) is 28.4 Å². The average molecular weight is 205 g/mol. The summed E-state index contributed by atoms with van der Waals surface area (Å²) in [5.41, 5.74) is 0. The molecule has 0 aliphatic heterocycles. The summed E-state index contributed by atoms with van der Waals surface area (Å²) in [5, 5.41) is 1.17. The lowest BCUT2D eigenvalue weighted by Crippen LogP contribution is -1.86. The highest BCUT2D eigenvalue weighted by Crippen LogP contribution is 2.06. The van der Waals surface area contributed by atoms with Gasteiger partial charge in [-0.05, 0) is 12.3 Å². The third kappa shape index (κ3) is 12.4. The highest BCUT2D eigenvalue weighted by Gasteiger charge is 1.91. The molecule has 0 amide bonds. The Labute approximate surface area is 83.1 Å². The van der Waals surface area contributed by atoms with Crippen LogP contribution in [0.3, 0.4) is 0 Å². The van der Waals surface area contributed by atoms with Gasteiger partial charge in [-0.25, -0.2) is 0 Å². The molecular formula is C7H17BrMg. The number of unbranched alkanes of at least 4 members (excludes halogenated alkanes) is 1. The lowest BCUT2D eigenvalue weighted by molar-refractivity contribution is 0.552. The summed E-state index contributed by atoms with van der Waals surface area (Å²) in [5.74, 6) is 0.883. The Morgan fingerprint density at radius 2 is 1.78 bits per heavy atom. The van der Waals surface area contributed by atoms with Gasteiger partial charge in [-0.3, -0.25) is 0 Å². The second-order valence-electron chi connectivity index (χ2n) is 2.58. The van der Waals surface area contributed by atoms with Crippen LogP contribution in [0.4, 0.5) is 0 Å². The smallest absolute Gasteiger partial charge is 0.0928 e. The maximum atomic E-state index is 3.40. The maximum Gasteiger partial charge on any atom is 0.316 e. The van der Waals surface area contributed by atoms with E-state index >= 15 is 0 Å². The van der Waals surface area contributed by atoms with E-state index in [0.29, 0.717) is 0 Å². The van der Waals surface area contributed by atoms with Crippen LogP contribution in [0.25, 0.3) is 0 Å². The number of hydrogen-bond acceptors (Lipinski definition) is 0. The van der Waals surface area contributed by atoms with Gasteiger partial charge in [0, 0.05) is 5.33 Å². The molecule has 0 aliphatic rings. The van der Waals surface area contributed by atoms with Gasteiger partial charge in [0.2, 0.25) is 0 Å². The molecule has 0 heterocycles. The van der Waals surface area contributed by atoms with Gasteiger partial charge in [0.15, 0.2) is 0 Å². The van der Waals surface area contributed by atoms with Gasteiger partial charge in [-0.1, -0.05) is 42.6 Å². The van der Waals surface area contributed by atoms with Crippen LogP contribution in [0, 0.1) is 5.92 Å². The minimum Gasteiger partial charge on any atom is -0.0928 e. The molecule has 0 aliphatic carbocycles. The first-order valence-electron chi connectivity index (χ1n) is 3.33. The van der Waals surface area contributed by atoms with Crippen molar-refractivity contribution in [3.63, 3.8) is 0 Å². The first-order valence-corrected chi connectivity index (χ1v) is 4.45. The van der Waals surface area contributed by atoms with Crippen molar-refractivity contribution in [2.75, 3.05) is 5.33 Å². The van der Waals surface area contributed by atoms with Crippen LogP contribution >= 0.6 is 15.9 Å². The largest absolute Gasteiger partial charge is 0.316 e. The van der Waals surface area contributed by atoms with Crippen molar-refractivity contribution < 1.29 is 0 Å². The molecule has 0 radical (unpaired) electrons. The van der Waals surface area contributed by atoms with Crippen molar-refractivity contribution in [1.29, 1.82) is 0 Å². The Bertz CT molecular complexity index is 46.2. The van der Waals surface area contributed by atoms with Gasteiger partial charge in [0.05, 0.1) is 0 Å². The first-order chi connectivity index (χ1) is 3.77. The molecule has 0 saturated carbocycles. The number of alkyl halides is 1. The lowest BCUT2D eigenvalue weighted by atomic mass is 10.1. The number of halogens is 1. The molecule has 2 heteroatoms. The highest BCUT2D eigenvalue weighted by atomic mass is 79.9. The number of hydrogen-bond donors (Lipinski definition) is 0. The van der Waals surface area contributed by atoms with E-state index in [2.05, 4.69) is 29.8 Å². The first kappa shape index (κ1) is 12.9. The van der Waals surface area contributed by atoms with Crippen molar-refractivity contribution in [3.8, 4) is 0 Å². The molecule has 0 atom stereocenters. The van der Waals surface area contributed by atoms with Crippen molar-refractivity contribution in [3.05, 3.63) is 0 Å². The molecule has 0 N–H and O–H groups in total. The van der Waals surface area contributed by atoms with Gasteiger partial charge in [-0.15, -0.1) is 0 Å². The fourth-order valence-corrected chi connectivity index (χ4v) is 1.04. The average Bonchev–Trinajstić information content (AvgIpc) is 1.66. The molecule has 0 spiro atoms. The molecule has 0 saturated heterocycles. The van der Waals surface area contributed by atoms with Crippen LogP contribution in [0.1, 0.15) is 33.1 Å². The normalized spacial score (nSPS) is 9.33. The standard InChI is InChI=1S/C7H15Br.Mg.2H/c1-7(2)5-3-4-6-8;;;/h7H,3-6H2,1-2H3;;;. The second kappa shape index (κ2) is 9.25. The van der Waals surface area contributed by atoms with Crippen LogP contribution in [0.15, 0.2) is 0 Å². The van der Waals surface area contributed by atoms with Crippen LogP contribution < -0.4 is 0 Å². The molecule has 9 heavy (non-hydrogen) atoms. The van der Waals surface area contributed by atoms with E-state index < -0.39 is 0 Å². The molecule has 0 bridgehead atoms. The summed E-state index contributed by atoms with van der Waals surface area (Å²) in [6.07, 6.45) is 4.09. The van der Waals surface area contributed by atoms with Crippen molar-refractivity contribution >= 4 is 39.0 Å². The summed E-state index contributed by atoms with van der Waals surface area (Å²) in [6, 6.07) is 0. The van der Waals surface area contributed by atoms with Gasteiger partial charge < -0.3 is 0 Å². The van der Waals surface area contributed by atoms with E-state index in [1.54, 1.807) is 0 Å². The molecule has 0 aromatic heterocycles. The van der Waals surface area contributed by atoms with E-state index in [-0.39, 0.29) is 23.1 Å². The Kier molecular flexibility index (Phi) is 13.2. The van der Waals surface area contributed by atoms with Gasteiger partial charge in [0.1, 0.15) is 0 Å². The fraction of sp³-hybridized carbons (Fsp3) is 1.00. The van der Waals surface area contributed by atoms with E-state index in [1.807, 2.05) is 0 Å². The maximum absolute atomic E-state index is 3.40. The Morgan fingerprint density at radius 1 is 1.22 bits per heavy atom. The molecule has 0 aromatic rings. The Morgan fingerprint density at radius 3 is 2.11 bits per heavy atom.